The van der Waals surface area contributed by atoms with E-state index in [0.29, 0.717) is 17.5 Å². The van der Waals surface area contributed by atoms with E-state index in [-0.39, 0.29) is 0 Å². The number of ether oxygens (including phenoxy) is 2. The van der Waals surface area contributed by atoms with Crippen molar-refractivity contribution in [1.82, 2.24) is 15.2 Å². The SMILES string of the molecule is COc1ccc2c(Oc3ccccc3C)nc(Nc3cc(C)[nH]n3)cc2c1. The minimum Gasteiger partial charge on any atom is -0.497 e. The van der Waals surface area contributed by atoms with Crippen molar-refractivity contribution in [1.29, 1.82) is 0 Å². The van der Waals surface area contributed by atoms with Gasteiger partial charge in [0.25, 0.3) is 0 Å². The highest BCUT2D eigenvalue weighted by Crippen LogP contribution is 2.34. The maximum absolute atomic E-state index is 6.16. The molecule has 2 N–H and O–H groups in total. The van der Waals surface area contributed by atoms with Crippen LogP contribution in [0.5, 0.6) is 17.4 Å². The number of anilines is 2. The topological polar surface area (TPSA) is 72.1 Å². The van der Waals surface area contributed by atoms with E-state index >= 15 is 0 Å². The lowest BCUT2D eigenvalue weighted by atomic mass is 10.1. The number of hydrogen-bond acceptors (Lipinski definition) is 5. The third-order valence-corrected chi connectivity index (χ3v) is 4.27. The van der Waals surface area contributed by atoms with Crippen molar-refractivity contribution >= 4 is 22.4 Å². The molecule has 0 aliphatic heterocycles. The number of fused-ring (bicyclic) bond motifs is 1. The molecule has 0 spiro atoms. The summed E-state index contributed by atoms with van der Waals surface area (Å²) in [6.07, 6.45) is 0. The summed E-state index contributed by atoms with van der Waals surface area (Å²) in [6, 6.07) is 17.6. The van der Waals surface area contributed by atoms with E-state index in [9.17, 15) is 0 Å². The van der Waals surface area contributed by atoms with Crippen molar-refractivity contribution in [3.05, 3.63) is 65.9 Å². The molecular formula is C21H20N4O2. The summed E-state index contributed by atoms with van der Waals surface area (Å²) in [7, 11) is 1.65. The van der Waals surface area contributed by atoms with Gasteiger partial charge in [0.15, 0.2) is 5.82 Å². The van der Waals surface area contributed by atoms with Gasteiger partial charge in [0.2, 0.25) is 5.88 Å². The molecule has 0 atom stereocenters. The first-order chi connectivity index (χ1) is 13.1. The van der Waals surface area contributed by atoms with Crippen molar-refractivity contribution in [2.45, 2.75) is 13.8 Å². The van der Waals surface area contributed by atoms with E-state index in [1.807, 2.05) is 68.4 Å². The minimum absolute atomic E-state index is 0.527. The highest BCUT2D eigenvalue weighted by Gasteiger charge is 2.12. The van der Waals surface area contributed by atoms with E-state index in [2.05, 4.69) is 20.5 Å². The van der Waals surface area contributed by atoms with Gasteiger partial charge in [-0.1, -0.05) is 18.2 Å². The molecule has 6 heteroatoms. The van der Waals surface area contributed by atoms with Crippen LogP contribution in [-0.2, 0) is 0 Å². The number of nitrogens with one attached hydrogen (secondary N) is 2. The lowest BCUT2D eigenvalue weighted by Gasteiger charge is -2.13. The fourth-order valence-electron chi connectivity index (χ4n) is 2.86. The molecule has 0 bridgehead atoms. The van der Waals surface area contributed by atoms with Gasteiger partial charge in [-0.05, 0) is 55.1 Å². The first kappa shape index (κ1) is 16.9. The van der Waals surface area contributed by atoms with E-state index in [1.54, 1.807) is 7.11 Å². The summed E-state index contributed by atoms with van der Waals surface area (Å²) in [5.41, 5.74) is 2.01. The molecule has 0 aliphatic rings. The van der Waals surface area contributed by atoms with Crippen LogP contribution in [0.25, 0.3) is 10.8 Å². The number of H-pyrrole nitrogens is 1. The largest absolute Gasteiger partial charge is 0.497 e. The second-order valence-electron chi connectivity index (χ2n) is 6.33. The summed E-state index contributed by atoms with van der Waals surface area (Å²) >= 11 is 0. The van der Waals surface area contributed by atoms with E-state index in [4.69, 9.17) is 9.47 Å². The highest BCUT2D eigenvalue weighted by atomic mass is 16.5. The van der Waals surface area contributed by atoms with Crippen LogP contribution in [0.15, 0.2) is 54.6 Å². The molecule has 0 fully saturated rings. The molecular weight excluding hydrogens is 340 g/mol. The molecule has 2 aromatic carbocycles. The molecule has 4 aromatic rings. The highest BCUT2D eigenvalue weighted by molar-refractivity contribution is 5.90. The van der Waals surface area contributed by atoms with E-state index in [1.165, 1.54) is 0 Å². The normalized spacial score (nSPS) is 10.8. The monoisotopic (exact) mass is 360 g/mol. The first-order valence-corrected chi connectivity index (χ1v) is 8.64. The zero-order valence-electron chi connectivity index (χ0n) is 15.4. The van der Waals surface area contributed by atoms with Gasteiger partial charge >= 0.3 is 0 Å². The minimum atomic E-state index is 0.527. The van der Waals surface area contributed by atoms with Crippen LogP contribution < -0.4 is 14.8 Å². The Labute approximate surface area is 157 Å². The van der Waals surface area contributed by atoms with Crippen LogP contribution in [0.2, 0.25) is 0 Å². The zero-order valence-corrected chi connectivity index (χ0v) is 15.4. The van der Waals surface area contributed by atoms with Crippen molar-refractivity contribution in [3.8, 4) is 17.4 Å². The van der Waals surface area contributed by atoms with Gasteiger partial charge in [-0.25, -0.2) is 0 Å². The van der Waals surface area contributed by atoms with E-state index in [0.717, 1.165) is 33.5 Å². The first-order valence-electron chi connectivity index (χ1n) is 8.64. The summed E-state index contributed by atoms with van der Waals surface area (Å²) in [5.74, 6) is 3.42. The van der Waals surface area contributed by atoms with Gasteiger partial charge in [0, 0.05) is 17.1 Å². The number of pyridine rings is 1. The summed E-state index contributed by atoms with van der Waals surface area (Å²) in [5, 5.41) is 12.2. The Morgan fingerprint density at radius 3 is 2.56 bits per heavy atom. The molecule has 0 unspecified atom stereocenters. The lowest BCUT2D eigenvalue weighted by Crippen LogP contribution is -1.98. The number of aromatic amines is 1. The maximum atomic E-state index is 6.16. The van der Waals surface area contributed by atoms with Crippen LogP contribution in [0, 0.1) is 13.8 Å². The third-order valence-electron chi connectivity index (χ3n) is 4.27. The van der Waals surface area contributed by atoms with Gasteiger partial charge in [-0.2, -0.15) is 10.1 Å². The molecule has 0 saturated carbocycles. The molecule has 2 heterocycles. The second kappa shape index (κ2) is 6.99. The number of rotatable bonds is 5. The second-order valence-corrected chi connectivity index (χ2v) is 6.33. The standard InChI is InChI=1S/C21H20N4O2/c1-13-6-4-5-7-18(13)27-21-17-9-8-16(26-3)11-15(17)12-19(23-21)22-20-10-14(2)24-25-20/h4-12H,1-3H3,(H2,22,23,24,25). The molecule has 136 valence electrons. The number of aromatic nitrogens is 3. The Morgan fingerprint density at radius 1 is 0.963 bits per heavy atom. The van der Waals surface area contributed by atoms with Crippen molar-refractivity contribution in [2.24, 2.45) is 0 Å². The van der Waals surface area contributed by atoms with Crippen molar-refractivity contribution in [3.63, 3.8) is 0 Å². The predicted octanol–water partition coefficient (Wildman–Crippen LogP) is 5.12. The van der Waals surface area contributed by atoms with Crippen LogP contribution in [-0.4, -0.2) is 22.3 Å². The molecule has 2 aromatic heterocycles. The fraction of sp³-hybridized carbons (Fsp3) is 0.143. The maximum Gasteiger partial charge on any atom is 0.229 e. The Kier molecular flexibility index (Phi) is 4.38. The lowest BCUT2D eigenvalue weighted by molar-refractivity contribution is 0.415. The van der Waals surface area contributed by atoms with Gasteiger partial charge in [-0.15, -0.1) is 0 Å². The summed E-state index contributed by atoms with van der Waals surface area (Å²) in [4.78, 5) is 4.67. The molecule has 6 nitrogen and oxygen atoms in total. The average Bonchev–Trinajstić information content (AvgIpc) is 3.07. The van der Waals surface area contributed by atoms with Crippen LogP contribution >= 0.6 is 0 Å². The number of para-hydroxylation sites is 1. The molecule has 4 rings (SSSR count). The van der Waals surface area contributed by atoms with Crippen LogP contribution in [0.3, 0.4) is 0 Å². The number of aryl methyl sites for hydroxylation is 2. The predicted molar refractivity (Wildman–Crippen MR) is 106 cm³/mol. The molecule has 27 heavy (non-hydrogen) atoms. The Balaban J connectivity index is 1.80. The number of methoxy groups -OCH3 is 1. The molecule has 0 saturated heterocycles. The summed E-state index contributed by atoms with van der Waals surface area (Å²) in [6.45, 7) is 3.96. The Bertz CT molecular complexity index is 1100. The van der Waals surface area contributed by atoms with Crippen LogP contribution in [0.4, 0.5) is 11.6 Å². The third kappa shape index (κ3) is 3.55. The molecule has 0 aliphatic carbocycles. The van der Waals surface area contributed by atoms with Crippen LogP contribution in [0.1, 0.15) is 11.3 Å². The zero-order chi connectivity index (χ0) is 18.8. The van der Waals surface area contributed by atoms with Gasteiger partial charge in [-0.3, -0.25) is 5.10 Å². The van der Waals surface area contributed by atoms with Gasteiger partial charge in [0.1, 0.15) is 17.3 Å². The number of nitrogens with zero attached hydrogens (tertiary/aromatic N) is 2. The van der Waals surface area contributed by atoms with Crippen molar-refractivity contribution in [2.75, 3.05) is 12.4 Å². The molecule has 0 amide bonds. The Hall–Kier alpha value is -3.54. The van der Waals surface area contributed by atoms with E-state index < -0.39 is 0 Å². The number of hydrogen-bond donors (Lipinski definition) is 2. The summed E-state index contributed by atoms with van der Waals surface area (Å²) < 4.78 is 11.5. The smallest absolute Gasteiger partial charge is 0.229 e. The average molecular weight is 360 g/mol. The van der Waals surface area contributed by atoms with Gasteiger partial charge in [0.05, 0.1) is 7.11 Å². The fourth-order valence-corrected chi connectivity index (χ4v) is 2.86. The quantitative estimate of drug-likeness (QED) is 0.517. The molecule has 0 radical (unpaired) electrons. The number of benzene rings is 2. The van der Waals surface area contributed by atoms with Crippen molar-refractivity contribution < 1.29 is 9.47 Å². The Morgan fingerprint density at radius 2 is 1.81 bits per heavy atom. The van der Waals surface area contributed by atoms with Gasteiger partial charge < -0.3 is 14.8 Å².